The van der Waals surface area contributed by atoms with E-state index >= 15 is 0 Å². The molecule has 14 heavy (non-hydrogen) atoms. The van der Waals surface area contributed by atoms with E-state index in [0.717, 1.165) is 10.4 Å². The maximum Gasteiger partial charge on any atom is 0.0775 e. The van der Waals surface area contributed by atoms with Crippen LogP contribution in [-0.4, -0.2) is 0 Å². The highest BCUT2D eigenvalue weighted by molar-refractivity contribution is 7.12. The summed E-state index contributed by atoms with van der Waals surface area (Å²) in [7, 11) is 0. The van der Waals surface area contributed by atoms with Crippen molar-refractivity contribution >= 4 is 11.3 Å². The van der Waals surface area contributed by atoms with Crippen molar-refractivity contribution in [3.05, 3.63) is 57.8 Å². The lowest BCUT2D eigenvalue weighted by Crippen LogP contribution is -1.70. The number of thiophene rings is 1. The average Bonchev–Trinajstić information content (AvgIpc) is 2.63. The second kappa shape index (κ2) is 4.13. The molecule has 0 aliphatic carbocycles. The van der Waals surface area contributed by atoms with Crippen molar-refractivity contribution in [2.45, 2.75) is 6.92 Å². The van der Waals surface area contributed by atoms with Crippen LogP contribution in [0.3, 0.4) is 0 Å². The fourth-order valence-electron chi connectivity index (χ4n) is 1.16. The Bertz CT molecular complexity index is 469. The Balaban J connectivity index is 2.23. The molecule has 1 heterocycles. The summed E-state index contributed by atoms with van der Waals surface area (Å²) < 4.78 is 0. The molecule has 0 atom stereocenters. The lowest BCUT2D eigenvalue weighted by Gasteiger charge is -1.85. The SMILES string of the molecule is Cc1ccc(C#Cc2ccccc2)s1. The van der Waals surface area contributed by atoms with Gasteiger partial charge in [0.1, 0.15) is 0 Å². The van der Waals surface area contributed by atoms with Crippen molar-refractivity contribution in [3.63, 3.8) is 0 Å². The lowest BCUT2D eigenvalue weighted by molar-refractivity contribution is 1.64. The molecule has 0 aliphatic rings. The molecule has 0 radical (unpaired) electrons. The highest BCUT2D eigenvalue weighted by Crippen LogP contribution is 2.13. The van der Waals surface area contributed by atoms with E-state index in [2.05, 4.69) is 30.9 Å². The third-order valence-corrected chi connectivity index (χ3v) is 2.76. The molecule has 0 nitrogen and oxygen atoms in total. The molecule has 1 aromatic heterocycles. The minimum absolute atomic E-state index is 1.07. The van der Waals surface area contributed by atoms with Crippen LogP contribution >= 0.6 is 11.3 Å². The molecule has 68 valence electrons. The van der Waals surface area contributed by atoms with Gasteiger partial charge in [0.15, 0.2) is 0 Å². The molecule has 2 rings (SSSR count). The highest BCUT2D eigenvalue weighted by Gasteiger charge is 1.90. The van der Waals surface area contributed by atoms with Crippen LogP contribution in [0.2, 0.25) is 0 Å². The first-order valence-electron chi connectivity index (χ1n) is 4.48. The number of hydrogen-bond acceptors (Lipinski definition) is 1. The second-order valence-electron chi connectivity index (χ2n) is 3.03. The molecule has 0 aliphatic heterocycles. The van der Waals surface area contributed by atoms with Crippen LogP contribution in [0.1, 0.15) is 15.3 Å². The van der Waals surface area contributed by atoms with Crippen LogP contribution in [-0.2, 0) is 0 Å². The van der Waals surface area contributed by atoms with Gasteiger partial charge in [-0.25, -0.2) is 0 Å². The molecule has 0 unspecified atom stereocenters. The summed E-state index contributed by atoms with van der Waals surface area (Å²) in [5.74, 6) is 6.28. The van der Waals surface area contributed by atoms with Gasteiger partial charge < -0.3 is 0 Å². The van der Waals surface area contributed by atoms with Crippen LogP contribution < -0.4 is 0 Å². The summed E-state index contributed by atoms with van der Waals surface area (Å²) >= 11 is 1.73. The van der Waals surface area contributed by atoms with E-state index < -0.39 is 0 Å². The average molecular weight is 198 g/mol. The molecule has 0 N–H and O–H groups in total. The topological polar surface area (TPSA) is 0 Å². The van der Waals surface area contributed by atoms with Crippen LogP contribution in [0.4, 0.5) is 0 Å². The zero-order chi connectivity index (χ0) is 9.80. The summed E-state index contributed by atoms with van der Waals surface area (Å²) in [5, 5.41) is 0. The van der Waals surface area contributed by atoms with Gasteiger partial charge in [0.05, 0.1) is 4.88 Å². The smallest absolute Gasteiger partial charge is 0.0775 e. The Morgan fingerprint density at radius 1 is 0.929 bits per heavy atom. The number of aryl methyl sites for hydroxylation is 1. The zero-order valence-corrected chi connectivity index (χ0v) is 8.77. The van der Waals surface area contributed by atoms with Crippen LogP contribution in [0.5, 0.6) is 0 Å². The summed E-state index contributed by atoms with van der Waals surface area (Å²) in [6.07, 6.45) is 0. The normalized spacial score (nSPS) is 9.21. The van der Waals surface area contributed by atoms with Crippen molar-refractivity contribution in [2.75, 3.05) is 0 Å². The molecule has 1 aromatic carbocycles. The van der Waals surface area contributed by atoms with Gasteiger partial charge in [0.25, 0.3) is 0 Å². The van der Waals surface area contributed by atoms with Crippen LogP contribution in [0.25, 0.3) is 0 Å². The van der Waals surface area contributed by atoms with Gasteiger partial charge in [-0.15, -0.1) is 11.3 Å². The minimum Gasteiger partial charge on any atom is -0.132 e. The monoisotopic (exact) mass is 198 g/mol. The first-order valence-corrected chi connectivity index (χ1v) is 5.30. The van der Waals surface area contributed by atoms with Gasteiger partial charge in [-0.05, 0) is 31.2 Å². The van der Waals surface area contributed by atoms with E-state index in [9.17, 15) is 0 Å². The Morgan fingerprint density at radius 3 is 2.36 bits per heavy atom. The molecular formula is C13H10S. The zero-order valence-electron chi connectivity index (χ0n) is 7.95. The summed E-state index contributed by atoms with van der Waals surface area (Å²) in [4.78, 5) is 2.44. The third kappa shape index (κ3) is 2.25. The van der Waals surface area contributed by atoms with E-state index in [1.165, 1.54) is 4.88 Å². The lowest BCUT2D eigenvalue weighted by atomic mass is 10.2. The number of benzene rings is 1. The van der Waals surface area contributed by atoms with Gasteiger partial charge in [0.2, 0.25) is 0 Å². The molecule has 0 fully saturated rings. The third-order valence-electron chi connectivity index (χ3n) is 1.84. The fraction of sp³-hybridized carbons (Fsp3) is 0.0769. The van der Waals surface area contributed by atoms with Gasteiger partial charge in [-0.2, -0.15) is 0 Å². The van der Waals surface area contributed by atoms with Crippen molar-refractivity contribution in [1.82, 2.24) is 0 Å². The Labute approximate surface area is 88.2 Å². The standard InChI is InChI=1S/C13H10S/c1-11-7-9-13(14-11)10-8-12-5-3-2-4-6-12/h2-7,9H,1H3. The summed E-state index contributed by atoms with van der Waals surface area (Å²) in [6, 6.07) is 14.2. The molecular weight excluding hydrogens is 188 g/mol. The predicted octanol–water partition coefficient (Wildman–Crippen LogP) is 3.46. The minimum atomic E-state index is 1.07. The Kier molecular flexibility index (Phi) is 2.67. The Morgan fingerprint density at radius 2 is 1.71 bits per heavy atom. The van der Waals surface area contributed by atoms with Crippen molar-refractivity contribution in [2.24, 2.45) is 0 Å². The van der Waals surface area contributed by atoms with Crippen LogP contribution in [0.15, 0.2) is 42.5 Å². The maximum absolute atomic E-state index is 3.15. The molecule has 0 bridgehead atoms. The quantitative estimate of drug-likeness (QED) is 0.569. The first-order chi connectivity index (χ1) is 6.84. The van der Waals surface area contributed by atoms with Gasteiger partial charge in [-0.3, -0.25) is 0 Å². The van der Waals surface area contributed by atoms with E-state index in [4.69, 9.17) is 0 Å². The maximum atomic E-state index is 3.15. The van der Waals surface area contributed by atoms with E-state index in [-0.39, 0.29) is 0 Å². The second-order valence-corrected chi connectivity index (χ2v) is 4.31. The van der Waals surface area contributed by atoms with Gasteiger partial charge in [0, 0.05) is 10.4 Å². The summed E-state index contributed by atoms with van der Waals surface area (Å²) in [6.45, 7) is 2.10. The first kappa shape index (κ1) is 9.05. The van der Waals surface area contributed by atoms with Crippen molar-refractivity contribution in [1.29, 1.82) is 0 Å². The molecule has 0 spiro atoms. The van der Waals surface area contributed by atoms with E-state index in [0.29, 0.717) is 0 Å². The van der Waals surface area contributed by atoms with E-state index in [1.807, 2.05) is 30.3 Å². The Hall–Kier alpha value is -1.52. The van der Waals surface area contributed by atoms with Gasteiger partial charge >= 0.3 is 0 Å². The number of hydrogen-bond donors (Lipinski definition) is 0. The molecule has 1 heteroatoms. The highest BCUT2D eigenvalue weighted by atomic mass is 32.1. The molecule has 0 saturated carbocycles. The van der Waals surface area contributed by atoms with Gasteiger partial charge in [-0.1, -0.05) is 30.0 Å². The molecule has 0 amide bonds. The fourth-order valence-corrected chi connectivity index (χ4v) is 1.88. The number of rotatable bonds is 0. The van der Waals surface area contributed by atoms with Crippen LogP contribution in [0, 0.1) is 18.8 Å². The largest absolute Gasteiger partial charge is 0.132 e. The predicted molar refractivity (Wildman–Crippen MR) is 61.5 cm³/mol. The molecule has 2 aromatic rings. The summed E-state index contributed by atoms with van der Waals surface area (Å²) in [5.41, 5.74) is 1.07. The molecule has 0 saturated heterocycles. The van der Waals surface area contributed by atoms with Crippen molar-refractivity contribution in [3.8, 4) is 11.8 Å². The van der Waals surface area contributed by atoms with Crippen molar-refractivity contribution < 1.29 is 0 Å². The van der Waals surface area contributed by atoms with E-state index in [1.54, 1.807) is 11.3 Å².